The van der Waals surface area contributed by atoms with Gasteiger partial charge in [0.1, 0.15) is 17.2 Å². The summed E-state index contributed by atoms with van der Waals surface area (Å²) >= 11 is 7.41. The van der Waals surface area contributed by atoms with Crippen molar-refractivity contribution in [3.05, 3.63) is 65.0 Å². The molecule has 1 atom stereocenters. The number of allylic oxidation sites excluding steroid dienone is 1. The zero-order valence-corrected chi connectivity index (χ0v) is 22.0. The molecule has 0 aliphatic rings. The minimum atomic E-state index is -0.349. The van der Waals surface area contributed by atoms with E-state index in [2.05, 4.69) is 29.0 Å². The van der Waals surface area contributed by atoms with Crippen LogP contribution in [0.5, 0.6) is 17.2 Å². The number of rotatable bonds is 11. The molecule has 10 heteroatoms. The van der Waals surface area contributed by atoms with Gasteiger partial charge >= 0.3 is 0 Å². The molecule has 0 radical (unpaired) electrons. The zero-order valence-electron chi connectivity index (χ0n) is 20.4. The first-order chi connectivity index (χ1) is 16.8. The number of hydrogen-bond acceptors (Lipinski definition) is 7. The van der Waals surface area contributed by atoms with Gasteiger partial charge in [-0.1, -0.05) is 35.5 Å². The van der Waals surface area contributed by atoms with Crippen molar-refractivity contribution in [2.45, 2.75) is 38.6 Å². The number of nitrogens with one attached hydrogen (secondary N) is 1. The van der Waals surface area contributed by atoms with Crippen LogP contribution in [0.1, 0.15) is 30.0 Å². The van der Waals surface area contributed by atoms with Gasteiger partial charge in [-0.05, 0) is 44.0 Å². The summed E-state index contributed by atoms with van der Waals surface area (Å²) < 4.78 is 18.6. The van der Waals surface area contributed by atoms with Crippen molar-refractivity contribution < 1.29 is 19.0 Å². The molecule has 0 aliphatic heterocycles. The zero-order chi connectivity index (χ0) is 25.5. The summed E-state index contributed by atoms with van der Waals surface area (Å²) in [5.74, 6) is 2.14. The van der Waals surface area contributed by atoms with Crippen LogP contribution in [0.2, 0.25) is 5.02 Å². The molecule has 0 saturated carbocycles. The molecule has 0 saturated heterocycles. The van der Waals surface area contributed by atoms with Crippen molar-refractivity contribution in [1.29, 1.82) is 0 Å². The van der Waals surface area contributed by atoms with E-state index < -0.39 is 0 Å². The fourth-order valence-electron chi connectivity index (χ4n) is 3.33. The second kappa shape index (κ2) is 12.0. The Bertz CT molecular complexity index is 1210. The number of hydrogen-bond donors (Lipinski definition) is 1. The molecule has 2 aromatic carbocycles. The number of nitrogens with zero attached hydrogens (tertiary/aromatic N) is 3. The normalized spacial score (nSPS) is 11.6. The quantitative estimate of drug-likeness (QED) is 0.261. The standard InChI is InChI=1S/C25H29ClN4O4S/c1-7-10-30-24(17(4)34-18-9-8-15(2)16(3)11-18)28-29-25(30)35-14-23(31)27-20-13-21(32-5)19(26)12-22(20)33-6/h7-9,11-13,17H,1,10,14H2,2-6H3,(H,27,31). The number of carbonyl (C=O) groups excluding carboxylic acids is 1. The van der Waals surface area contributed by atoms with E-state index >= 15 is 0 Å². The molecule has 1 aromatic heterocycles. The summed E-state index contributed by atoms with van der Waals surface area (Å²) in [6.45, 7) is 10.3. The van der Waals surface area contributed by atoms with Crippen molar-refractivity contribution in [1.82, 2.24) is 14.8 Å². The predicted octanol–water partition coefficient (Wildman–Crippen LogP) is 5.62. The topological polar surface area (TPSA) is 87.5 Å². The highest BCUT2D eigenvalue weighted by atomic mass is 35.5. The summed E-state index contributed by atoms with van der Waals surface area (Å²) in [5.41, 5.74) is 2.81. The summed E-state index contributed by atoms with van der Waals surface area (Å²) in [6.07, 6.45) is 1.41. The molecule has 8 nitrogen and oxygen atoms in total. The third-order valence-corrected chi connectivity index (χ3v) is 6.55. The number of amides is 1. The lowest BCUT2D eigenvalue weighted by Crippen LogP contribution is -2.16. The van der Waals surface area contributed by atoms with Gasteiger partial charge in [-0.25, -0.2) is 0 Å². The number of aromatic nitrogens is 3. The van der Waals surface area contributed by atoms with Gasteiger partial charge in [-0.3, -0.25) is 9.36 Å². The Morgan fingerprint density at radius 3 is 2.57 bits per heavy atom. The van der Waals surface area contributed by atoms with E-state index in [0.717, 1.165) is 11.3 Å². The van der Waals surface area contributed by atoms with Crippen LogP contribution in [0.3, 0.4) is 0 Å². The van der Waals surface area contributed by atoms with Gasteiger partial charge in [-0.2, -0.15) is 0 Å². The molecule has 186 valence electrons. The maximum Gasteiger partial charge on any atom is 0.234 e. The Kier molecular flexibility index (Phi) is 9.06. The SMILES string of the molecule is C=CCn1c(SCC(=O)Nc2cc(OC)c(Cl)cc2OC)nnc1C(C)Oc1ccc(C)c(C)c1. The lowest BCUT2D eigenvalue weighted by molar-refractivity contribution is -0.113. The lowest BCUT2D eigenvalue weighted by atomic mass is 10.1. The van der Waals surface area contributed by atoms with Crippen molar-refractivity contribution in [2.24, 2.45) is 0 Å². The summed E-state index contributed by atoms with van der Waals surface area (Å²) in [7, 11) is 3.01. The molecule has 1 N–H and O–H groups in total. The minimum Gasteiger partial charge on any atom is -0.495 e. The molecule has 0 spiro atoms. The first-order valence-corrected chi connectivity index (χ1v) is 12.3. The van der Waals surface area contributed by atoms with Crippen molar-refractivity contribution in [3.63, 3.8) is 0 Å². The van der Waals surface area contributed by atoms with E-state index in [1.54, 1.807) is 18.2 Å². The van der Waals surface area contributed by atoms with Crippen LogP contribution in [-0.4, -0.2) is 40.6 Å². The van der Waals surface area contributed by atoms with Gasteiger partial charge in [-0.15, -0.1) is 16.8 Å². The highest BCUT2D eigenvalue weighted by molar-refractivity contribution is 7.99. The van der Waals surface area contributed by atoms with E-state index in [-0.39, 0.29) is 17.8 Å². The van der Waals surface area contributed by atoms with Gasteiger partial charge in [0.2, 0.25) is 5.91 Å². The number of anilines is 1. The van der Waals surface area contributed by atoms with Crippen molar-refractivity contribution in [3.8, 4) is 17.2 Å². The van der Waals surface area contributed by atoms with Gasteiger partial charge in [0, 0.05) is 18.7 Å². The van der Waals surface area contributed by atoms with Crippen LogP contribution >= 0.6 is 23.4 Å². The van der Waals surface area contributed by atoms with Crippen LogP contribution in [0.15, 0.2) is 48.1 Å². The molecule has 1 amide bonds. The molecule has 0 fully saturated rings. The van der Waals surface area contributed by atoms with Gasteiger partial charge < -0.3 is 19.5 Å². The van der Waals surface area contributed by atoms with Crippen LogP contribution in [-0.2, 0) is 11.3 Å². The second-order valence-electron chi connectivity index (χ2n) is 7.77. The Labute approximate surface area is 214 Å². The van der Waals surface area contributed by atoms with Crippen molar-refractivity contribution in [2.75, 3.05) is 25.3 Å². The number of aryl methyl sites for hydroxylation is 2. The first kappa shape index (κ1) is 26.4. The van der Waals surface area contributed by atoms with E-state index in [1.807, 2.05) is 36.6 Å². The molecule has 35 heavy (non-hydrogen) atoms. The van der Waals surface area contributed by atoms with Crippen molar-refractivity contribution >= 4 is 35.0 Å². The largest absolute Gasteiger partial charge is 0.495 e. The highest BCUT2D eigenvalue weighted by Gasteiger charge is 2.20. The number of ether oxygens (including phenoxy) is 3. The lowest BCUT2D eigenvalue weighted by Gasteiger charge is -2.16. The van der Waals surface area contributed by atoms with E-state index in [4.69, 9.17) is 25.8 Å². The predicted molar refractivity (Wildman–Crippen MR) is 139 cm³/mol. The van der Waals surface area contributed by atoms with Gasteiger partial charge in [0.05, 0.1) is 30.7 Å². The molecular weight excluding hydrogens is 488 g/mol. The summed E-state index contributed by atoms with van der Waals surface area (Å²) in [5, 5.41) is 12.4. The average molecular weight is 517 g/mol. The molecule has 3 rings (SSSR count). The van der Waals surface area contributed by atoms with E-state index in [0.29, 0.717) is 39.7 Å². The minimum absolute atomic E-state index is 0.107. The Hall–Kier alpha value is -3.17. The highest BCUT2D eigenvalue weighted by Crippen LogP contribution is 2.36. The molecule has 0 aliphatic carbocycles. The molecule has 0 bridgehead atoms. The Morgan fingerprint density at radius 2 is 1.91 bits per heavy atom. The van der Waals surface area contributed by atoms with E-state index in [1.165, 1.54) is 31.5 Å². The van der Waals surface area contributed by atoms with Crippen LogP contribution < -0.4 is 19.5 Å². The number of thioether (sulfide) groups is 1. The Morgan fingerprint density at radius 1 is 1.17 bits per heavy atom. The number of halogens is 1. The smallest absolute Gasteiger partial charge is 0.234 e. The average Bonchev–Trinajstić information content (AvgIpc) is 3.23. The molecule has 1 heterocycles. The van der Waals surface area contributed by atoms with Gasteiger partial charge in [0.25, 0.3) is 0 Å². The monoisotopic (exact) mass is 516 g/mol. The number of benzene rings is 2. The third kappa shape index (κ3) is 6.49. The number of carbonyl (C=O) groups is 1. The first-order valence-electron chi connectivity index (χ1n) is 10.9. The maximum atomic E-state index is 12.7. The fraction of sp³-hybridized carbons (Fsp3) is 0.320. The van der Waals surface area contributed by atoms with Crippen LogP contribution in [0.25, 0.3) is 0 Å². The third-order valence-electron chi connectivity index (χ3n) is 5.29. The van der Waals surface area contributed by atoms with Gasteiger partial charge in [0.15, 0.2) is 17.1 Å². The molecule has 1 unspecified atom stereocenters. The maximum absolute atomic E-state index is 12.7. The van der Waals surface area contributed by atoms with Crippen LogP contribution in [0, 0.1) is 13.8 Å². The van der Waals surface area contributed by atoms with E-state index in [9.17, 15) is 4.79 Å². The Balaban J connectivity index is 1.71. The summed E-state index contributed by atoms with van der Waals surface area (Å²) in [6, 6.07) is 9.17. The number of methoxy groups -OCH3 is 2. The molecular formula is C25H29ClN4O4S. The fourth-order valence-corrected chi connectivity index (χ4v) is 4.31. The van der Waals surface area contributed by atoms with Crippen LogP contribution in [0.4, 0.5) is 5.69 Å². The molecule has 3 aromatic rings. The summed E-state index contributed by atoms with van der Waals surface area (Å²) in [4.78, 5) is 12.7. The second-order valence-corrected chi connectivity index (χ2v) is 9.12.